The molecule has 0 spiro atoms. The summed E-state index contributed by atoms with van der Waals surface area (Å²) in [7, 11) is 3.15. The minimum Gasteiger partial charge on any atom is -0.493 e. The fraction of sp³-hybridized carbons (Fsp3) is 0.300. The summed E-state index contributed by atoms with van der Waals surface area (Å²) in [6.45, 7) is 2.07. The topological polar surface area (TPSA) is 69.2 Å². The molecule has 0 aliphatic carbocycles. The second-order valence-corrected chi connectivity index (χ2v) is 6.85. The summed E-state index contributed by atoms with van der Waals surface area (Å²) in [6.07, 6.45) is 0.381. The van der Waals surface area contributed by atoms with Gasteiger partial charge in [-0.3, -0.25) is 4.79 Å². The maximum Gasteiger partial charge on any atom is 0.267 e. The van der Waals surface area contributed by atoms with Gasteiger partial charge >= 0.3 is 0 Å². The molecule has 2 aromatic rings. The van der Waals surface area contributed by atoms with Crippen LogP contribution in [-0.2, 0) is 16.2 Å². The van der Waals surface area contributed by atoms with Gasteiger partial charge in [-0.25, -0.2) is 0 Å². The van der Waals surface area contributed by atoms with Crippen molar-refractivity contribution in [2.45, 2.75) is 25.5 Å². The molecule has 142 valence electrons. The van der Waals surface area contributed by atoms with Crippen LogP contribution in [0.15, 0.2) is 47.6 Å². The van der Waals surface area contributed by atoms with Crippen LogP contribution in [0.1, 0.15) is 24.5 Å². The van der Waals surface area contributed by atoms with E-state index in [0.717, 1.165) is 16.8 Å². The van der Waals surface area contributed by atoms with Crippen LogP contribution in [0.25, 0.3) is 0 Å². The number of amides is 1. The number of nitrogens with one attached hydrogen (secondary N) is 1. The van der Waals surface area contributed by atoms with Gasteiger partial charge in [0.15, 0.2) is 11.5 Å². The molecule has 1 atom stereocenters. The third kappa shape index (κ3) is 4.17. The van der Waals surface area contributed by atoms with Crippen molar-refractivity contribution in [3.8, 4) is 11.5 Å². The average Bonchev–Trinajstić information content (AvgIpc) is 3.09. The number of methoxy groups -OCH3 is 2. The standard InChI is InChI=1S/C20H21ClN2O4/c1-20(11-16(23-27-20)14-5-7-15(21)8-6-14)19(24)22-12-13-4-9-17(25-2)18(10-13)26-3/h4-10H,11-12H2,1-3H3,(H,22,24). The minimum atomic E-state index is -1.05. The van der Waals surface area contributed by atoms with Gasteiger partial charge in [0.05, 0.1) is 19.9 Å². The maximum absolute atomic E-state index is 12.7. The first kappa shape index (κ1) is 19.0. The van der Waals surface area contributed by atoms with E-state index in [2.05, 4.69) is 10.5 Å². The molecule has 1 N–H and O–H groups in total. The number of ether oxygens (including phenoxy) is 2. The minimum absolute atomic E-state index is 0.231. The van der Waals surface area contributed by atoms with Crippen LogP contribution in [0.4, 0.5) is 0 Å². The van der Waals surface area contributed by atoms with E-state index >= 15 is 0 Å². The Kier molecular flexibility index (Phi) is 5.56. The average molecular weight is 389 g/mol. The Morgan fingerprint density at radius 2 is 1.89 bits per heavy atom. The lowest BCUT2D eigenvalue weighted by molar-refractivity contribution is -0.141. The Balaban J connectivity index is 1.62. The van der Waals surface area contributed by atoms with Gasteiger partial charge in [-0.1, -0.05) is 35.0 Å². The van der Waals surface area contributed by atoms with E-state index in [0.29, 0.717) is 29.5 Å². The highest BCUT2D eigenvalue weighted by atomic mass is 35.5. The SMILES string of the molecule is COc1ccc(CNC(=O)C2(C)CC(c3ccc(Cl)cc3)=NO2)cc1OC. The van der Waals surface area contributed by atoms with E-state index < -0.39 is 5.60 Å². The predicted octanol–water partition coefficient (Wildman–Crippen LogP) is 3.56. The first-order chi connectivity index (χ1) is 12.9. The van der Waals surface area contributed by atoms with Crippen molar-refractivity contribution in [1.82, 2.24) is 5.32 Å². The molecule has 3 rings (SSSR count). The zero-order valence-electron chi connectivity index (χ0n) is 15.4. The molecule has 2 aromatic carbocycles. The van der Waals surface area contributed by atoms with Crippen molar-refractivity contribution in [3.05, 3.63) is 58.6 Å². The molecule has 1 unspecified atom stereocenters. The number of nitrogens with zero attached hydrogens (tertiary/aromatic N) is 1. The zero-order chi connectivity index (χ0) is 19.4. The van der Waals surface area contributed by atoms with Crippen LogP contribution in [0.3, 0.4) is 0 Å². The maximum atomic E-state index is 12.7. The molecule has 1 amide bonds. The van der Waals surface area contributed by atoms with Crippen molar-refractivity contribution in [2.75, 3.05) is 14.2 Å². The van der Waals surface area contributed by atoms with E-state index in [1.165, 1.54) is 0 Å². The van der Waals surface area contributed by atoms with Crippen molar-refractivity contribution in [3.63, 3.8) is 0 Å². The lowest BCUT2D eigenvalue weighted by Crippen LogP contribution is -2.44. The monoisotopic (exact) mass is 388 g/mol. The third-order valence-electron chi connectivity index (χ3n) is 4.42. The molecule has 0 saturated heterocycles. The van der Waals surface area contributed by atoms with E-state index in [4.69, 9.17) is 25.9 Å². The Hall–Kier alpha value is -2.73. The van der Waals surface area contributed by atoms with Crippen LogP contribution < -0.4 is 14.8 Å². The molecule has 0 fully saturated rings. The van der Waals surface area contributed by atoms with Gasteiger partial charge in [-0.2, -0.15) is 0 Å². The first-order valence-electron chi connectivity index (χ1n) is 8.45. The molecule has 6 nitrogen and oxygen atoms in total. The molecule has 1 aliphatic heterocycles. The first-order valence-corrected chi connectivity index (χ1v) is 8.83. The van der Waals surface area contributed by atoms with E-state index in [9.17, 15) is 4.79 Å². The number of benzene rings is 2. The lowest BCUT2D eigenvalue weighted by atomic mass is 9.95. The molecular weight excluding hydrogens is 368 g/mol. The highest BCUT2D eigenvalue weighted by molar-refractivity contribution is 6.30. The number of hydrogen-bond acceptors (Lipinski definition) is 5. The molecule has 27 heavy (non-hydrogen) atoms. The number of carbonyl (C=O) groups is 1. The molecular formula is C20H21ClN2O4. The van der Waals surface area contributed by atoms with Gasteiger partial charge in [0.2, 0.25) is 5.60 Å². The summed E-state index contributed by atoms with van der Waals surface area (Å²) >= 11 is 5.91. The number of rotatable bonds is 6. The molecule has 1 heterocycles. The fourth-order valence-corrected chi connectivity index (χ4v) is 2.94. The summed E-state index contributed by atoms with van der Waals surface area (Å²) in [5.41, 5.74) is 1.44. The van der Waals surface area contributed by atoms with E-state index in [1.807, 2.05) is 24.3 Å². The van der Waals surface area contributed by atoms with Crippen molar-refractivity contribution in [2.24, 2.45) is 5.16 Å². The molecule has 0 saturated carbocycles. The van der Waals surface area contributed by atoms with Gasteiger partial charge in [0.25, 0.3) is 5.91 Å². The summed E-state index contributed by atoms with van der Waals surface area (Å²) < 4.78 is 10.5. The summed E-state index contributed by atoms with van der Waals surface area (Å²) in [5, 5.41) is 7.63. The van der Waals surface area contributed by atoms with Crippen LogP contribution in [0.5, 0.6) is 11.5 Å². The highest BCUT2D eigenvalue weighted by Crippen LogP contribution is 2.29. The van der Waals surface area contributed by atoms with Crippen molar-refractivity contribution in [1.29, 1.82) is 0 Å². The summed E-state index contributed by atoms with van der Waals surface area (Å²) in [5.74, 6) is 1.02. The van der Waals surface area contributed by atoms with Gasteiger partial charge in [-0.05, 0) is 42.3 Å². The summed E-state index contributed by atoms with van der Waals surface area (Å²) in [6, 6.07) is 12.8. The third-order valence-corrected chi connectivity index (χ3v) is 4.67. The quantitative estimate of drug-likeness (QED) is 0.821. The zero-order valence-corrected chi connectivity index (χ0v) is 16.2. The molecule has 1 aliphatic rings. The second-order valence-electron chi connectivity index (χ2n) is 6.42. The fourth-order valence-electron chi connectivity index (χ4n) is 2.82. The van der Waals surface area contributed by atoms with Gasteiger partial charge < -0.3 is 19.6 Å². The largest absolute Gasteiger partial charge is 0.493 e. The summed E-state index contributed by atoms with van der Waals surface area (Å²) in [4.78, 5) is 18.1. The van der Waals surface area contributed by atoms with Crippen LogP contribution in [-0.4, -0.2) is 31.4 Å². The number of oxime groups is 1. The number of hydrogen-bond donors (Lipinski definition) is 1. The normalized spacial score (nSPS) is 18.4. The Morgan fingerprint density at radius 1 is 1.19 bits per heavy atom. The molecule has 0 bridgehead atoms. The Morgan fingerprint density at radius 3 is 2.56 bits per heavy atom. The Labute approximate surface area is 163 Å². The van der Waals surface area contributed by atoms with Gasteiger partial charge in [0, 0.05) is 18.0 Å². The van der Waals surface area contributed by atoms with Crippen molar-refractivity contribution >= 4 is 23.2 Å². The van der Waals surface area contributed by atoms with Crippen molar-refractivity contribution < 1.29 is 19.1 Å². The van der Waals surface area contributed by atoms with E-state index in [1.54, 1.807) is 39.3 Å². The predicted molar refractivity (Wildman–Crippen MR) is 103 cm³/mol. The highest BCUT2D eigenvalue weighted by Gasteiger charge is 2.42. The smallest absolute Gasteiger partial charge is 0.267 e. The van der Waals surface area contributed by atoms with E-state index in [-0.39, 0.29) is 5.91 Å². The molecule has 0 aromatic heterocycles. The molecule has 0 radical (unpaired) electrons. The van der Waals surface area contributed by atoms with Gasteiger partial charge in [-0.15, -0.1) is 0 Å². The second kappa shape index (κ2) is 7.88. The van der Waals surface area contributed by atoms with Crippen LogP contribution >= 0.6 is 11.6 Å². The lowest BCUT2D eigenvalue weighted by Gasteiger charge is -2.20. The molecule has 7 heteroatoms. The van der Waals surface area contributed by atoms with Crippen LogP contribution in [0, 0.1) is 0 Å². The Bertz CT molecular complexity index is 867. The van der Waals surface area contributed by atoms with Gasteiger partial charge in [0.1, 0.15) is 0 Å². The number of carbonyl (C=O) groups excluding carboxylic acids is 1. The number of halogens is 1. The van der Waals surface area contributed by atoms with Crippen LogP contribution in [0.2, 0.25) is 5.02 Å².